The molecule has 0 bridgehead atoms. The summed E-state index contributed by atoms with van der Waals surface area (Å²) in [5.74, 6) is -0.340. The van der Waals surface area contributed by atoms with Gasteiger partial charge >= 0.3 is 5.97 Å². The van der Waals surface area contributed by atoms with Crippen molar-refractivity contribution in [1.29, 1.82) is 0 Å². The van der Waals surface area contributed by atoms with E-state index in [0.717, 1.165) is 0 Å². The third-order valence-corrected chi connectivity index (χ3v) is 0.944. The van der Waals surface area contributed by atoms with Gasteiger partial charge in [0.2, 0.25) is 0 Å². The highest BCUT2D eigenvalue weighted by Crippen LogP contribution is 1.86. The van der Waals surface area contributed by atoms with Gasteiger partial charge in [-0.15, -0.1) is 0 Å². The summed E-state index contributed by atoms with van der Waals surface area (Å²) in [5.41, 5.74) is 5.25. The van der Waals surface area contributed by atoms with Crippen LogP contribution in [-0.2, 0) is 9.53 Å². The van der Waals surface area contributed by atoms with Crippen LogP contribution in [0.25, 0.3) is 0 Å². The van der Waals surface area contributed by atoms with Gasteiger partial charge in [0.1, 0.15) is 6.04 Å². The first kappa shape index (κ1) is 17.5. The van der Waals surface area contributed by atoms with Gasteiger partial charge in [-0.1, -0.05) is 34.6 Å². The van der Waals surface area contributed by atoms with E-state index in [9.17, 15) is 4.79 Å². The van der Waals surface area contributed by atoms with Gasteiger partial charge in [-0.25, -0.2) is 0 Å². The second kappa shape index (κ2) is 16.8. The van der Waals surface area contributed by atoms with E-state index in [-0.39, 0.29) is 5.97 Å². The molecule has 0 unspecified atom stereocenters. The molecule has 0 aliphatic rings. The van der Waals surface area contributed by atoms with Crippen LogP contribution in [0, 0.1) is 0 Å². The Morgan fingerprint density at radius 3 is 1.75 bits per heavy atom. The van der Waals surface area contributed by atoms with Crippen molar-refractivity contribution >= 4 is 5.97 Å². The van der Waals surface area contributed by atoms with E-state index in [1.54, 1.807) is 0 Å². The van der Waals surface area contributed by atoms with Crippen molar-refractivity contribution < 1.29 is 9.53 Å². The summed E-state index contributed by atoms with van der Waals surface area (Å²) in [6.45, 7) is 9.83. The van der Waals surface area contributed by atoms with E-state index in [1.807, 2.05) is 34.6 Å². The predicted octanol–water partition coefficient (Wildman–Crippen LogP) is 1.95. The maximum absolute atomic E-state index is 10.4. The minimum Gasteiger partial charge on any atom is -0.468 e. The van der Waals surface area contributed by atoms with Crippen LogP contribution < -0.4 is 5.73 Å². The Hall–Kier alpha value is -0.570. The minimum atomic E-state index is -0.444. The average molecular weight is 177 g/mol. The molecule has 0 aromatic heterocycles. The Morgan fingerprint density at radius 1 is 1.33 bits per heavy atom. The van der Waals surface area contributed by atoms with Crippen LogP contribution in [0.15, 0.2) is 0 Å². The number of carbonyl (C=O) groups is 1. The Labute approximate surface area is 76.3 Å². The number of esters is 1. The topological polar surface area (TPSA) is 52.3 Å². The van der Waals surface area contributed by atoms with Crippen molar-refractivity contribution in [1.82, 2.24) is 0 Å². The van der Waals surface area contributed by atoms with Gasteiger partial charge in [-0.3, -0.25) is 4.79 Å². The van der Waals surface area contributed by atoms with Crippen molar-refractivity contribution in [2.24, 2.45) is 5.73 Å². The number of methoxy groups -OCH3 is 1. The van der Waals surface area contributed by atoms with Crippen LogP contribution in [0.4, 0.5) is 0 Å². The number of carbonyl (C=O) groups excluding carboxylic acids is 1. The molecule has 0 aromatic rings. The molecule has 12 heavy (non-hydrogen) atoms. The van der Waals surface area contributed by atoms with Crippen LogP contribution in [0.1, 0.15) is 41.0 Å². The summed E-state index contributed by atoms with van der Waals surface area (Å²) < 4.78 is 4.34. The quantitative estimate of drug-likeness (QED) is 0.656. The molecule has 0 fully saturated rings. The summed E-state index contributed by atoms with van der Waals surface area (Å²) in [5, 5.41) is 0. The lowest BCUT2D eigenvalue weighted by molar-refractivity contribution is -0.142. The molecular weight excluding hydrogens is 154 g/mol. The highest BCUT2D eigenvalue weighted by Gasteiger charge is 2.08. The van der Waals surface area contributed by atoms with Crippen LogP contribution in [-0.4, -0.2) is 19.1 Å². The summed E-state index contributed by atoms with van der Waals surface area (Å²) in [6, 6.07) is -0.444. The van der Waals surface area contributed by atoms with Gasteiger partial charge in [0.05, 0.1) is 7.11 Å². The second-order valence-electron chi connectivity index (χ2n) is 1.54. The third-order valence-electron chi connectivity index (χ3n) is 0.944. The molecule has 0 heterocycles. The molecule has 1 atom stereocenters. The molecule has 76 valence electrons. The van der Waals surface area contributed by atoms with Crippen LogP contribution >= 0.6 is 0 Å². The van der Waals surface area contributed by atoms with Crippen LogP contribution in [0.2, 0.25) is 0 Å². The number of rotatable bonds is 2. The smallest absolute Gasteiger partial charge is 0.322 e. The fourth-order valence-corrected chi connectivity index (χ4v) is 0.318. The highest BCUT2D eigenvalue weighted by atomic mass is 16.5. The van der Waals surface area contributed by atoms with Crippen molar-refractivity contribution in [2.75, 3.05) is 7.11 Å². The number of nitrogens with two attached hydrogens (primary N) is 1. The largest absolute Gasteiger partial charge is 0.468 e. The Balaban J connectivity index is -0.000000175. The van der Waals surface area contributed by atoms with Gasteiger partial charge in [-0.2, -0.15) is 0 Å². The van der Waals surface area contributed by atoms with E-state index < -0.39 is 6.04 Å². The van der Waals surface area contributed by atoms with Gasteiger partial charge < -0.3 is 10.5 Å². The average Bonchev–Trinajstić information content (AvgIpc) is 2.21. The van der Waals surface area contributed by atoms with E-state index >= 15 is 0 Å². The van der Waals surface area contributed by atoms with Gasteiger partial charge in [0.15, 0.2) is 0 Å². The van der Waals surface area contributed by atoms with E-state index in [4.69, 9.17) is 5.73 Å². The molecule has 0 saturated carbocycles. The molecular formula is C9H23NO2. The number of hydrogen-bond acceptors (Lipinski definition) is 3. The molecule has 0 aromatic carbocycles. The lowest BCUT2D eigenvalue weighted by atomic mass is 10.2. The van der Waals surface area contributed by atoms with Crippen LogP contribution in [0.5, 0.6) is 0 Å². The Morgan fingerprint density at radius 2 is 1.67 bits per heavy atom. The van der Waals surface area contributed by atoms with E-state index in [2.05, 4.69) is 4.74 Å². The third kappa shape index (κ3) is 12.1. The first-order chi connectivity index (χ1) is 5.72. The molecule has 3 heteroatoms. The SMILES string of the molecule is CC.CC.CC[C@H](N)C(=O)OC. The highest BCUT2D eigenvalue weighted by molar-refractivity contribution is 5.75. The molecule has 0 amide bonds. The zero-order valence-corrected chi connectivity index (χ0v) is 9.18. The monoisotopic (exact) mass is 177 g/mol. The summed E-state index contributed by atoms with van der Waals surface area (Å²) in [6.07, 6.45) is 0.632. The van der Waals surface area contributed by atoms with E-state index in [0.29, 0.717) is 6.42 Å². The van der Waals surface area contributed by atoms with Crippen LogP contribution in [0.3, 0.4) is 0 Å². The number of hydrogen-bond donors (Lipinski definition) is 1. The lowest BCUT2D eigenvalue weighted by Crippen LogP contribution is -2.30. The van der Waals surface area contributed by atoms with Crippen molar-refractivity contribution in [3.63, 3.8) is 0 Å². The van der Waals surface area contributed by atoms with E-state index in [1.165, 1.54) is 7.11 Å². The van der Waals surface area contributed by atoms with Gasteiger partial charge in [-0.05, 0) is 6.42 Å². The first-order valence-corrected chi connectivity index (χ1v) is 4.55. The molecule has 0 aliphatic heterocycles. The predicted molar refractivity (Wildman–Crippen MR) is 53.0 cm³/mol. The lowest BCUT2D eigenvalue weighted by Gasteiger charge is -2.03. The van der Waals surface area contributed by atoms with Gasteiger partial charge in [0.25, 0.3) is 0 Å². The maximum Gasteiger partial charge on any atom is 0.322 e. The van der Waals surface area contributed by atoms with Gasteiger partial charge in [0, 0.05) is 0 Å². The molecule has 2 N–H and O–H groups in total. The summed E-state index contributed by atoms with van der Waals surface area (Å²) >= 11 is 0. The fraction of sp³-hybridized carbons (Fsp3) is 0.889. The second-order valence-corrected chi connectivity index (χ2v) is 1.54. The summed E-state index contributed by atoms with van der Waals surface area (Å²) in [4.78, 5) is 10.4. The maximum atomic E-state index is 10.4. The fourth-order valence-electron chi connectivity index (χ4n) is 0.318. The normalized spacial score (nSPS) is 9.58. The Kier molecular flexibility index (Phi) is 24.5. The van der Waals surface area contributed by atoms with Crippen molar-refractivity contribution in [3.8, 4) is 0 Å². The zero-order chi connectivity index (χ0) is 10.6. The number of ether oxygens (including phenoxy) is 1. The Bertz CT molecular complexity index is 84.6. The minimum absolute atomic E-state index is 0.340. The molecule has 0 rings (SSSR count). The summed E-state index contributed by atoms with van der Waals surface area (Å²) in [7, 11) is 1.33. The van der Waals surface area contributed by atoms with Crippen molar-refractivity contribution in [2.45, 2.75) is 47.1 Å². The first-order valence-electron chi connectivity index (χ1n) is 4.55. The van der Waals surface area contributed by atoms with Crippen molar-refractivity contribution in [3.05, 3.63) is 0 Å². The molecule has 0 spiro atoms. The standard InChI is InChI=1S/C5H11NO2.2C2H6/c1-3-4(6)5(7)8-2;2*1-2/h4H,3,6H2,1-2H3;2*1-2H3/t4-;;/m0../s1. The molecule has 0 radical (unpaired) electrons. The zero-order valence-electron chi connectivity index (χ0n) is 9.18. The molecule has 0 aliphatic carbocycles. The molecule has 3 nitrogen and oxygen atoms in total. The molecule has 0 saturated heterocycles.